The minimum absolute atomic E-state index is 0.263. The molecule has 0 saturated heterocycles. The Morgan fingerprint density at radius 3 is 2.56 bits per heavy atom. The van der Waals surface area contributed by atoms with Gasteiger partial charge in [-0.3, -0.25) is 0 Å². The van der Waals surface area contributed by atoms with Crippen LogP contribution in [0.4, 0.5) is 4.79 Å². The van der Waals surface area contributed by atoms with Crippen molar-refractivity contribution in [3.05, 3.63) is 65.2 Å². The highest BCUT2D eigenvalue weighted by Gasteiger charge is 2.53. The van der Waals surface area contributed by atoms with E-state index in [0.29, 0.717) is 24.6 Å². The van der Waals surface area contributed by atoms with Gasteiger partial charge in [-0.05, 0) is 31.0 Å². The van der Waals surface area contributed by atoms with Crippen LogP contribution in [0, 0.1) is 6.92 Å². The molecule has 3 amide bonds. The first-order valence-electron chi connectivity index (χ1n) is 9.41. The number of carbonyl (C=O) groups is 2. The number of rotatable bonds is 5. The molecule has 138 valence electrons. The molecule has 0 bridgehead atoms. The van der Waals surface area contributed by atoms with Crippen molar-refractivity contribution in [3.8, 4) is 5.75 Å². The molecule has 5 heteroatoms. The fourth-order valence-electron chi connectivity index (χ4n) is 3.59. The maximum Gasteiger partial charge on any atom is 0.501 e. The molecule has 0 aliphatic carbocycles. The summed E-state index contributed by atoms with van der Waals surface area (Å²) >= 11 is 0. The van der Waals surface area contributed by atoms with Gasteiger partial charge < -0.3 is 4.74 Å². The molecule has 27 heavy (non-hydrogen) atoms. The van der Waals surface area contributed by atoms with Crippen molar-refractivity contribution in [2.75, 3.05) is 6.54 Å². The summed E-state index contributed by atoms with van der Waals surface area (Å²) in [7, 11) is 0. The molecule has 2 heterocycles. The van der Waals surface area contributed by atoms with Crippen molar-refractivity contribution in [1.29, 1.82) is 0 Å². The minimum atomic E-state index is -0.748. The van der Waals surface area contributed by atoms with Gasteiger partial charge in [0.15, 0.2) is 5.71 Å². The molecule has 2 aromatic rings. The number of hydrogen-bond donors (Lipinski definition) is 0. The zero-order chi connectivity index (χ0) is 19.0. The molecule has 0 fully saturated rings. The molecule has 0 saturated carbocycles. The number of benzene rings is 2. The number of hydrogen-bond acceptors (Lipinski definition) is 3. The van der Waals surface area contributed by atoms with Gasteiger partial charge in [0, 0.05) is 0 Å². The first-order valence-corrected chi connectivity index (χ1v) is 9.41. The van der Waals surface area contributed by atoms with E-state index in [0.717, 1.165) is 24.0 Å². The van der Waals surface area contributed by atoms with E-state index in [-0.39, 0.29) is 11.9 Å². The standard InChI is InChI=1S/C22H23N2O3/c1-3-4-13-23-21(25)20-19(17-7-5-6-8-18(17)27-20)24(22(23)26)14-16-11-9-15(2)10-12-16/h5-12,20H,3-4,13-14H2,1-2H3/q+1. The van der Waals surface area contributed by atoms with Crippen molar-refractivity contribution in [3.63, 3.8) is 0 Å². The van der Waals surface area contributed by atoms with E-state index >= 15 is 0 Å². The summed E-state index contributed by atoms with van der Waals surface area (Å²) in [6.07, 6.45) is 0.949. The third-order valence-corrected chi connectivity index (χ3v) is 5.10. The normalized spacial score (nSPS) is 18.4. The molecule has 1 unspecified atom stereocenters. The molecular formula is C22H23N2O3+. The third-order valence-electron chi connectivity index (χ3n) is 5.10. The fourth-order valence-corrected chi connectivity index (χ4v) is 3.59. The van der Waals surface area contributed by atoms with E-state index in [1.54, 1.807) is 4.58 Å². The van der Waals surface area contributed by atoms with Crippen LogP contribution < -0.4 is 4.74 Å². The van der Waals surface area contributed by atoms with Crippen molar-refractivity contribution < 1.29 is 18.9 Å². The molecule has 0 spiro atoms. The summed E-state index contributed by atoms with van der Waals surface area (Å²) in [5.41, 5.74) is 3.68. The van der Waals surface area contributed by atoms with Crippen LogP contribution in [0.25, 0.3) is 0 Å². The van der Waals surface area contributed by atoms with Crippen LogP contribution in [-0.2, 0) is 11.3 Å². The monoisotopic (exact) mass is 363 g/mol. The van der Waals surface area contributed by atoms with Gasteiger partial charge in [0.05, 0.1) is 12.1 Å². The predicted molar refractivity (Wildman–Crippen MR) is 102 cm³/mol. The Morgan fingerprint density at radius 1 is 1.07 bits per heavy atom. The Kier molecular flexibility index (Phi) is 4.52. The Labute approximate surface area is 158 Å². The van der Waals surface area contributed by atoms with Gasteiger partial charge in [-0.15, -0.1) is 0 Å². The van der Waals surface area contributed by atoms with Crippen LogP contribution in [0.1, 0.15) is 36.5 Å². The highest BCUT2D eigenvalue weighted by atomic mass is 16.5. The fraction of sp³-hybridized carbons (Fsp3) is 0.318. The van der Waals surface area contributed by atoms with Crippen LogP contribution in [-0.4, -0.2) is 39.8 Å². The molecule has 0 aromatic heterocycles. The van der Waals surface area contributed by atoms with Gasteiger partial charge in [-0.2, -0.15) is 14.3 Å². The van der Waals surface area contributed by atoms with Crippen molar-refractivity contribution >= 4 is 17.6 Å². The number of amides is 3. The number of para-hydroxylation sites is 1. The molecule has 1 atom stereocenters. The average molecular weight is 363 g/mol. The molecule has 4 rings (SSSR count). The van der Waals surface area contributed by atoms with Crippen LogP contribution in [0.5, 0.6) is 5.75 Å². The number of fused-ring (bicyclic) bond motifs is 3. The van der Waals surface area contributed by atoms with Crippen LogP contribution in [0.15, 0.2) is 48.5 Å². The lowest BCUT2D eigenvalue weighted by molar-refractivity contribution is -0.456. The van der Waals surface area contributed by atoms with Crippen molar-refractivity contribution in [1.82, 2.24) is 4.90 Å². The summed E-state index contributed by atoms with van der Waals surface area (Å²) in [6.45, 7) is 4.91. The lowest BCUT2D eigenvalue weighted by Gasteiger charge is -2.24. The number of imide groups is 1. The van der Waals surface area contributed by atoms with Crippen molar-refractivity contribution in [2.24, 2.45) is 0 Å². The number of unbranched alkanes of at least 4 members (excludes halogenated alkanes) is 1. The second kappa shape index (κ2) is 6.99. The number of aryl methyl sites for hydroxylation is 1. The molecule has 2 aromatic carbocycles. The summed E-state index contributed by atoms with van der Waals surface area (Å²) in [6, 6.07) is 15.4. The summed E-state index contributed by atoms with van der Waals surface area (Å²) in [4.78, 5) is 27.5. The summed E-state index contributed by atoms with van der Waals surface area (Å²) in [5, 5.41) is 0. The van der Waals surface area contributed by atoms with E-state index < -0.39 is 6.10 Å². The molecule has 5 nitrogen and oxygen atoms in total. The van der Waals surface area contributed by atoms with E-state index in [1.165, 1.54) is 10.5 Å². The molecule has 0 N–H and O–H groups in total. The van der Waals surface area contributed by atoms with Gasteiger partial charge in [0.1, 0.15) is 12.3 Å². The van der Waals surface area contributed by atoms with E-state index in [4.69, 9.17) is 4.74 Å². The first-order chi connectivity index (χ1) is 13.1. The molecular weight excluding hydrogens is 340 g/mol. The Bertz CT molecular complexity index is 931. The van der Waals surface area contributed by atoms with Gasteiger partial charge in [0.2, 0.25) is 0 Å². The third kappa shape index (κ3) is 3.03. The number of ether oxygens (including phenoxy) is 1. The minimum Gasteiger partial charge on any atom is -0.469 e. The van der Waals surface area contributed by atoms with Crippen LogP contribution in [0.2, 0.25) is 0 Å². The lowest BCUT2D eigenvalue weighted by Crippen LogP contribution is -2.57. The summed E-state index contributed by atoms with van der Waals surface area (Å²) in [5.74, 6) is 0.393. The van der Waals surface area contributed by atoms with Gasteiger partial charge in [0.25, 0.3) is 6.10 Å². The van der Waals surface area contributed by atoms with Crippen LogP contribution >= 0.6 is 0 Å². The zero-order valence-corrected chi connectivity index (χ0v) is 15.6. The smallest absolute Gasteiger partial charge is 0.469 e. The molecule has 2 aliphatic heterocycles. The maximum absolute atomic E-state index is 13.2. The highest BCUT2D eigenvalue weighted by molar-refractivity contribution is 6.21. The topological polar surface area (TPSA) is 49.6 Å². The van der Waals surface area contributed by atoms with Gasteiger partial charge in [-0.1, -0.05) is 55.3 Å². The Morgan fingerprint density at radius 2 is 1.81 bits per heavy atom. The predicted octanol–water partition coefficient (Wildman–Crippen LogP) is 3.52. The highest BCUT2D eigenvalue weighted by Crippen LogP contribution is 2.32. The Hall–Kier alpha value is -2.95. The summed E-state index contributed by atoms with van der Waals surface area (Å²) < 4.78 is 7.65. The number of carbonyl (C=O) groups excluding carboxylic acids is 2. The van der Waals surface area contributed by atoms with Crippen LogP contribution in [0.3, 0.4) is 0 Å². The second-order valence-corrected chi connectivity index (χ2v) is 7.08. The molecule has 2 aliphatic rings. The number of nitrogens with zero attached hydrogens (tertiary/aromatic N) is 2. The lowest BCUT2D eigenvalue weighted by atomic mass is 10.0. The Balaban J connectivity index is 1.81. The first kappa shape index (κ1) is 17.5. The quantitative estimate of drug-likeness (QED) is 0.764. The van der Waals surface area contributed by atoms with Gasteiger partial charge >= 0.3 is 11.9 Å². The average Bonchev–Trinajstić information content (AvgIpc) is 3.06. The SMILES string of the molecule is CCCCN1C(=O)C2Oc3ccccc3C2=[N+](Cc2ccc(C)cc2)C1=O. The molecule has 0 radical (unpaired) electrons. The zero-order valence-electron chi connectivity index (χ0n) is 15.6. The van der Waals surface area contributed by atoms with E-state index in [1.807, 2.05) is 62.4 Å². The maximum atomic E-state index is 13.2. The largest absolute Gasteiger partial charge is 0.501 e. The number of urea groups is 1. The van der Waals surface area contributed by atoms with E-state index in [9.17, 15) is 9.59 Å². The second-order valence-electron chi connectivity index (χ2n) is 7.08. The van der Waals surface area contributed by atoms with Crippen molar-refractivity contribution in [2.45, 2.75) is 39.3 Å². The van der Waals surface area contributed by atoms with E-state index in [2.05, 4.69) is 0 Å². The van der Waals surface area contributed by atoms with Gasteiger partial charge in [-0.25, -0.2) is 4.79 Å².